The van der Waals surface area contributed by atoms with Gasteiger partial charge >= 0.3 is 0 Å². The SMILES string of the molecule is CCOCCCNC(=O)c1cc(NC(=O)C2CCCCC2)ccc1N1CCC(Cc2ccccc2)CC1. The number of ether oxygens (including phenoxy) is 1. The number of anilines is 2. The van der Waals surface area contributed by atoms with Gasteiger partial charge < -0.3 is 20.3 Å². The van der Waals surface area contributed by atoms with E-state index in [9.17, 15) is 9.59 Å². The Morgan fingerprint density at radius 3 is 2.46 bits per heavy atom. The first-order valence-corrected chi connectivity index (χ1v) is 14.2. The van der Waals surface area contributed by atoms with Crippen LogP contribution in [0.3, 0.4) is 0 Å². The molecule has 0 atom stereocenters. The Morgan fingerprint density at radius 1 is 0.973 bits per heavy atom. The van der Waals surface area contributed by atoms with Gasteiger partial charge in [0.15, 0.2) is 0 Å². The summed E-state index contributed by atoms with van der Waals surface area (Å²) < 4.78 is 5.41. The van der Waals surface area contributed by atoms with Crippen molar-refractivity contribution in [2.75, 3.05) is 43.1 Å². The molecule has 2 aliphatic rings. The predicted molar refractivity (Wildman–Crippen MR) is 150 cm³/mol. The summed E-state index contributed by atoms with van der Waals surface area (Å²) in [5, 5.41) is 6.16. The summed E-state index contributed by atoms with van der Waals surface area (Å²) in [6.45, 7) is 5.71. The quantitative estimate of drug-likeness (QED) is 0.378. The van der Waals surface area contributed by atoms with E-state index >= 15 is 0 Å². The summed E-state index contributed by atoms with van der Waals surface area (Å²) in [5.74, 6) is 0.723. The summed E-state index contributed by atoms with van der Waals surface area (Å²) >= 11 is 0. The maximum Gasteiger partial charge on any atom is 0.253 e. The molecule has 37 heavy (non-hydrogen) atoms. The lowest BCUT2D eigenvalue weighted by molar-refractivity contribution is -0.120. The van der Waals surface area contributed by atoms with Gasteiger partial charge in [0, 0.05) is 50.1 Å². The molecule has 6 nitrogen and oxygen atoms in total. The van der Waals surface area contributed by atoms with Crippen LogP contribution in [-0.4, -0.2) is 44.7 Å². The molecule has 0 radical (unpaired) electrons. The summed E-state index contributed by atoms with van der Waals surface area (Å²) in [4.78, 5) is 28.5. The number of benzene rings is 2. The highest BCUT2D eigenvalue weighted by atomic mass is 16.5. The van der Waals surface area contributed by atoms with Crippen molar-refractivity contribution in [3.8, 4) is 0 Å². The van der Waals surface area contributed by atoms with Gasteiger partial charge in [-0.3, -0.25) is 9.59 Å². The van der Waals surface area contributed by atoms with Crippen LogP contribution < -0.4 is 15.5 Å². The number of piperidine rings is 1. The van der Waals surface area contributed by atoms with Crippen LogP contribution in [0.1, 0.15) is 74.2 Å². The minimum absolute atomic E-state index is 0.0768. The molecule has 1 saturated carbocycles. The van der Waals surface area contributed by atoms with E-state index in [2.05, 4.69) is 45.9 Å². The molecule has 4 rings (SSSR count). The second-order valence-electron chi connectivity index (χ2n) is 10.5. The van der Waals surface area contributed by atoms with Gasteiger partial charge in [0.1, 0.15) is 0 Å². The summed E-state index contributed by atoms with van der Waals surface area (Å²) in [5.41, 5.74) is 3.69. The van der Waals surface area contributed by atoms with Gasteiger partial charge in [0.25, 0.3) is 5.91 Å². The van der Waals surface area contributed by atoms with Crippen LogP contribution in [0.5, 0.6) is 0 Å². The molecule has 2 N–H and O–H groups in total. The fraction of sp³-hybridized carbons (Fsp3) is 0.548. The Kier molecular flexibility index (Phi) is 10.4. The van der Waals surface area contributed by atoms with Gasteiger partial charge in [0.2, 0.25) is 5.91 Å². The fourth-order valence-corrected chi connectivity index (χ4v) is 5.62. The molecule has 1 aliphatic heterocycles. The lowest BCUT2D eigenvalue weighted by Crippen LogP contribution is -2.36. The number of nitrogens with one attached hydrogen (secondary N) is 2. The number of nitrogens with zero attached hydrogens (tertiary/aromatic N) is 1. The van der Waals surface area contributed by atoms with Crippen molar-refractivity contribution in [3.05, 3.63) is 59.7 Å². The minimum Gasteiger partial charge on any atom is -0.382 e. The first-order valence-electron chi connectivity index (χ1n) is 14.2. The molecule has 0 unspecified atom stereocenters. The van der Waals surface area contributed by atoms with Crippen molar-refractivity contribution in [2.45, 2.75) is 64.7 Å². The third-order valence-corrected chi connectivity index (χ3v) is 7.76. The third kappa shape index (κ3) is 8.06. The molecule has 6 heteroatoms. The van der Waals surface area contributed by atoms with Gasteiger partial charge in [-0.25, -0.2) is 0 Å². The Balaban J connectivity index is 1.43. The highest BCUT2D eigenvalue weighted by molar-refractivity contribution is 6.02. The lowest BCUT2D eigenvalue weighted by atomic mass is 9.88. The van der Waals surface area contributed by atoms with Crippen molar-refractivity contribution in [1.82, 2.24) is 5.32 Å². The lowest BCUT2D eigenvalue weighted by Gasteiger charge is -2.35. The number of amides is 2. The van der Waals surface area contributed by atoms with E-state index in [1.165, 1.54) is 12.0 Å². The Hall–Kier alpha value is -2.86. The zero-order valence-corrected chi connectivity index (χ0v) is 22.3. The summed E-state index contributed by atoms with van der Waals surface area (Å²) in [6.07, 6.45) is 9.44. The van der Waals surface area contributed by atoms with Gasteiger partial charge in [0.05, 0.1) is 5.56 Å². The molecular formula is C31H43N3O3. The molecule has 2 amide bonds. The Labute approximate surface area is 222 Å². The van der Waals surface area contributed by atoms with E-state index in [1.54, 1.807) is 0 Å². The monoisotopic (exact) mass is 505 g/mol. The van der Waals surface area contributed by atoms with Crippen LogP contribution in [0, 0.1) is 11.8 Å². The molecule has 1 heterocycles. The fourth-order valence-electron chi connectivity index (χ4n) is 5.62. The predicted octanol–water partition coefficient (Wildman–Crippen LogP) is 5.82. The maximum atomic E-state index is 13.3. The largest absolute Gasteiger partial charge is 0.382 e. The molecule has 2 aromatic rings. The second-order valence-corrected chi connectivity index (χ2v) is 10.5. The van der Waals surface area contributed by atoms with Gasteiger partial charge in [-0.05, 0) is 75.1 Å². The number of hydrogen-bond acceptors (Lipinski definition) is 4. The van der Waals surface area contributed by atoms with Gasteiger partial charge in [-0.15, -0.1) is 0 Å². The average Bonchev–Trinajstić information content (AvgIpc) is 2.94. The van der Waals surface area contributed by atoms with Crippen molar-refractivity contribution < 1.29 is 14.3 Å². The molecular weight excluding hydrogens is 462 g/mol. The van der Waals surface area contributed by atoms with E-state index in [1.807, 2.05) is 25.1 Å². The van der Waals surface area contributed by atoms with Crippen LogP contribution in [0.15, 0.2) is 48.5 Å². The maximum absolute atomic E-state index is 13.3. The van der Waals surface area contributed by atoms with E-state index < -0.39 is 0 Å². The van der Waals surface area contributed by atoms with Crippen molar-refractivity contribution in [3.63, 3.8) is 0 Å². The van der Waals surface area contributed by atoms with Gasteiger partial charge in [-0.2, -0.15) is 0 Å². The minimum atomic E-state index is -0.0910. The molecule has 0 aromatic heterocycles. The molecule has 2 fully saturated rings. The van der Waals surface area contributed by atoms with Gasteiger partial charge in [-0.1, -0.05) is 49.6 Å². The second kappa shape index (κ2) is 14.2. The normalized spacial score (nSPS) is 16.9. The number of carbonyl (C=O) groups is 2. The highest BCUT2D eigenvalue weighted by Gasteiger charge is 2.25. The Bertz CT molecular complexity index is 996. The smallest absolute Gasteiger partial charge is 0.253 e. The molecule has 1 saturated heterocycles. The third-order valence-electron chi connectivity index (χ3n) is 7.76. The molecule has 0 spiro atoms. The van der Waals surface area contributed by atoms with Crippen LogP contribution in [-0.2, 0) is 16.0 Å². The first-order chi connectivity index (χ1) is 18.1. The zero-order chi connectivity index (χ0) is 25.9. The van der Waals surface area contributed by atoms with Crippen molar-refractivity contribution >= 4 is 23.2 Å². The molecule has 0 bridgehead atoms. The highest BCUT2D eigenvalue weighted by Crippen LogP contribution is 2.31. The average molecular weight is 506 g/mol. The Morgan fingerprint density at radius 2 is 1.73 bits per heavy atom. The molecule has 2 aromatic carbocycles. The number of hydrogen-bond donors (Lipinski definition) is 2. The van der Waals surface area contributed by atoms with Crippen LogP contribution in [0.2, 0.25) is 0 Å². The van der Waals surface area contributed by atoms with E-state index in [0.717, 1.165) is 70.1 Å². The van der Waals surface area contributed by atoms with Crippen molar-refractivity contribution in [1.29, 1.82) is 0 Å². The van der Waals surface area contributed by atoms with Crippen LogP contribution in [0.25, 0.3) is 0 Å². The summed E-state index contributed by atoms with van der Waals surface area (Å²) in [6, 6.07) is 16.5. The molecule has 1 aliphatic carbocycles. The van der Waals surface area contributed by atoms with E-state index in [0.29, 0.717) is 36.9 Å². The first kappa shape index (κ1) is 27.2. The zero-order valence-electron chi connectivity index (χ0n) is 22.3. The van der Waals surface area contributed by atoms with E-state index in [4.69, 9.17) is 4.74 Å². The van der Waals surface area contributed by atoms with Crippen molar-refractivity contribution in [2.24, 2.45) is 11.8 Å². The van der Waals surface area contributed by atoms with Crippen LogP contribution >= 0.6 is 0 Å². The number of carbonyl (C=O) groups excluding carboxylic acids is 2. The van der Waals surface area contributed by atoms with Crippen LogP contribution in [0.4, 0.5) is 11.4 Å². The molecule has 200 valence electrons. The topological polar surface area (TPSA) is 70.7 Å². The summed E-state index contributed by atoms with van der Waals surface area (Å²) in [7, 11) is 0. The van der Waals surface area contributed by atoms with E-state index in [-0.39, 0.29) is 17.7 Å². The standard InChI is InChI=1S/C31H43N3O3/c1-2-37-21-9-18-32-31(36)28-23-27(33-30(35)26-12-7-4-8-13-26)14-15-29(28)34-19-16-25(17-20-34)22-24-10-5-3-6-11-24/h3,5-6,10-11,14-15,23,25-26H,2,4,7-9,12-13,16-22H2,1H3,(H,32,36)(H,33,35). The number of rotatable bonds is 11.